The van der Waals surface area contributed by atoms with Gasteiger partial charge in [-0.25, -0.2) is 0 Å². The highest BCUT2D eigenvalue weighted by molar-refractivity contribution is 5.86. The van der Waals surface area contributed by atoms with Crippen molar-refractivity contribution in [3.8, 4) is 5.75 Å². The van der Waals surface area contributed by atoms with E-state index < -0.39 is 12.0 Å². The number of nitrogens with two attached hydrogens (primary N) is 1. The quantitative estimate of drug-likeness (QED) is 0.846. The van der Waals surface area contributed by atoms with Crippen LogP contribution in [0.5, 0.6) is 5.75 Å². The lowest BCUT2D eigenvalue weighted by molar-refractivity contribution is -0.138. The average Bonchev–Trinajstić information content (AvgIpc) is 2.38. The van der Waals surface area contributed by atoms with Crippen LogP contribution in [-0.2, 0) is 11.2 Å². The Kier molecular flexibility index (Phi) is 3.43. The van der Waals surface area contributed by atoms with Gasteiger partial charge in [0.2, 0.25) is 0 Å². The highest BCUT2D eigenvalue weighted by atomic mass is 16.5. The number of nitrogens with zero attached hydrogens (tertiary/aromatic N) is 1. The number of fused-ring (bicyclic) bond motifs is 1. The summed E-state index contributed by atoms with van der Waals surface area (Å²) in [6, 6.07) is 6.51. The van der Waals surface area contributed by atoms with Gasteiger partial charge in [0.25, 0.3) is 0 Å². The van der Waals surface area contributed by atoms with Crippen molar-refractivity contribution in [3.05, 3.63) is 36.2 Å². The first-order valence-electron chi connectivity index (χ1n) is 5.52. The van der Waals surface area contributed by atoms with E-state index in [4.69, 9.17) is 15.6 Å². The van der Waals surface area contributed by atoms with Gasteiger partial charge in [-0.05, 0) is 23.6 Å². The second kappa shape index (κ2) is 5.01. The van der Waals surface area contributed by atoms with Gasteiger partial charge in [0, 0.05) is 18.0 Å². The molecule has 0 fully saturated rings. The van der Waals surface area contributed by atoms with E-state index in [2.05, 4.69) is 4.98 Å². The van der Waals surface area contributed by atoms with Gasteiger partial charge in [-0.1, -0.05) is 6.07 Å². The SMILES string of the molecule is COc1ccc2ccnc(CC(N)C(=O)O)c2c1. The Morgan fingerprint density at radius 1 is 1.50 bits per heavy atom. The molecule has 0 radical (unpaired) electrons. The molecular formula is C13H14N2O3. The van der Waals surface area contributed by atoms with Crippen LogP contribution >= 0.6 is 0 Å². The Morgan fingerprint density at radius 3 is 2.94 bits per heavy atom. The molecule has 5 heteroatoms. The van der Waals surface area contributed by atoms with Crippen molar-refractivity contribution in [2.75, 3.05) is 7.11 Å². The first-order valence-corrected chi connectivity index (χ1v) is 5.52. The van der Waals surface area contributed by atoms with Crippen LogP contribution in [-0.4, -0.2) is 29.2 Å². The first-order chi connectivity index (χ1) is 8.61. The lowest BCUT2D eigenvalue weighted by Crippen LogP contribution is -2.32. The number of carbonyl (C=O) groups is 1. The summed E-state index contributed by atoms with van der Waals surface area (Å²) < 4.78 is 5.15. The van der Waals surface area contributed by atoms with Gasteiger partial charge < -0.3 is 15.6 Å². The van der Waals surface area contributed by atoms with Gasteiger partial charge in [-0.15, -0.1) is 0 Å². The van der Waals surface area contributed by atoms with Crippen LogP contribution < -0.4 is 10.5 Å². The highest BCUT2D eigenvalue weighted by Gasteiger charge is 2.15. The lowest BCUT2D eigenvalue weighted by Gasteiger charge is -2.09. The van der Waals surface area contributed by atoms with Crippen molar-refractivity contribution in [1.29, 1.82) is 0 Å². The van der Waals surface area contributed by atoms with Crippen molar-refractivity contribution < 1.29 is 14.6 Å². The first kappa shape index (κ1) is 12.3. The van der Waals surface area contributed by atoms with E-state index >= 15 is 0 Å². The van der Waals surface area contributed by atoms with Gasteiger partial charge >= 0.3 is 5.97 Å². The number of benzene rings is 1. The molecule has 0 saturated heterocycles. The summed E-state index contributed by atoms with van der Waals surface area (Å²) in [5.41, 5.74) is 6.21. The van der Waals surface area contributed by atoms with Crippen LogP contribution in [0.25, 0.3) is 10.8 Å². The largest absolute Gasteiger partial charge is 0.497 e. The van der Waals surface area contributed by atoms with Crippen molar-refractivity contribution in [3.63, 3.8) is 0 Å². The number of carboxylic acids is 1. The molecule has 5 nitrogen and oxygen atoms in total. The molecule has 0 aliphatic carbocycles. The van der Waals surface area contributed by atoms with E-state index in [0.29, 0.717) is 11.4 Å². The predicted octanol–water partition coefficient (Wildman–Crippen LogP) is 1.20. The average molecular weight is 246 g/mol. The summed E-state index contributed by atoms with van der Waals surface area (Å²) in [6.07, 6.45) is 1.85. The predicted molar refractivity (Wildman–Crippen MR) is 67.6 cm³/mol. The maximum atomic E-state index is 10.8. The summed E-state index contributed by atoms with van der Waals surface area (Å²) in [7, 11) is 1.58. The minimum atomic E-state index is -1.03. The minimum absolute atomic E-state index is 0.194. The molecule has 1 atom stereocenters. The molecule has 1 aromatic carbocycles. The Bertz CT molecular complexity index is 583. The standard InChI is InChI=1S/C13H14N2O3/c1-18-9-3-2-8-4-5-15-12(10(8)6-9)7-11(14)13(16)17/h2-6,11H,7,14H2,1H3,(H,16,17). The number of aliphatic carboxylic acids is 1. The number of hydrogen-bond acceptors (Lipinski definition) is 4. The molecule has 0 amide bonds. The van der Waals surface area contributed by atoms with Crippen LogP contribution in [0.4, 0.5) is 0 Å². The molecule has 1 aromatic heterocycles. The third kappa shape index (κ3) is 2.41. The lowest BCUT2D eigenvalue weighted by atomic mass is 10.0. The van der Waals surface area contributed by atoms with Crippen molar-refractivity contribution >= 4 is 16.7 Å². The van der Waals surface area contributed by atoms with Crippen LogP contribution in [0, 0.1) is 0 Å². The van der Waals surface area contributed by atoms with E-state index in [0.717, 1.165) is 10.8 Å². The fourth-order valence-corrected chi connectivity index (χ4v) is 1.79. The van der Waals surface area contributed by atoms with Crippen molar-refractivity contribution in [2.45, 2.75) is 12.5 Å². The smallest absolute Gasteiger partial charge is 0.320 e. The molecule has 0 aliphatic heterocycles. The Hall–Kier alpha value is -2.14. The Morgan fingerprint density at radius 2 is 2.28 bits per heavy atom. The number of hydrogen-bond donors (Lipinski definition) is 2. The molecule has 0 bridgehead atoms. The monoisotopic (exact) mass is 246 g/mol. The minimum Gasteiger partial charge on any atom is -0.497 e. The summed E-state index contributed by atoms with van der Waals surface area (Å²) in [6.45, 7) is 0. The zero-order chi connectivity index (χ0) is 13.1. The summed E-state index contributed by atoms with van der Waals surface area (Å²) >= 11 is 0. The summed E-state index contributed by atoms with van der Waals surface area (Å²) in [5.74, 6) is -0.322. The zero-order valence-electron chi connectivity index (χ0n) is 9.96. The molecular weight excluding hydrogens is 232 g/mol. The van der Waals surface area contributed by atoms with E-state index in [1.54, 1.807) is 13.3 Å². The van der Waals surface area contributed by atoms with Gasteiger partial charge in [-0.3, -0.25) is 9.78 Å². The molecule has 0 spiro atoms. The zero-order valence-corrected chi connectivity index (χ0v) is 9.96. The van der Waals surface area contributed by atoms with E-state index in [9.17, 15) is 4.79 Å². The fourth-order valence-electron chi connectivity index (χ4n) is 1.79. The molecule has 3 N–H and O–H groups in total. The number of methoxy groups -OCH3 is 1. The number of rotatable bonds is 4. The Labute approximate surface area is 104 Å². The normalized spacial score (nSPS) is 12.3. The molecule has 94 valence electrons. The fraction of sp³-hybridized carbons (Fsp3) is 0.231. The highest BCUT2D eigenvalue weighted by Crippen LogP contribution is 2.23. The third-order valence-electron chi connectivity index (χ3n) is 2.79. The van der Waals surface area contributed by atoms with Gasteiger partial charge in [0.05, 0.1) is 12.8 Å². The van der Waals surface area contributed by atoms with Crippen LogP contribution in [0.2, 0.25) is 0 Å². The van der Waals surface area contributed by atoms with Crippen LogP contribution in [0.15, 0.2) is 30.5 Å². The number of pyridine rings is 1. The van der Waals surface area contributed by atoms with Gasteiger partial charge in [0.15, 0.2) is 0 Å². The second-order valence-corrected chi connectivity index (χ2v) is 3.99. The molecule has 2 rings (SSSR count). The van der Waals surface area contributed by atoms with Gasteiger partial charge in [0.1, 0.15) is 11.8 Å². The number of carboxylic acid groups (broad SMARTS) is 1. The topological polar surface area (TPSA) is 85.4 Å². The molecule has 1 unspecified atom stereocenters. The number of ether oxygens (including phenoxy) is 1. The Balaban J connectivity index is 2.46. The molecule has 0 saturated carbocycles. The third-order valence-corrected chi connectivity index (χ3v) is 2.79. The van der Waals surface area contributed by atoms with E-state index in [-0.39, 0.29) is 6.42 Å². The van der Waals surface area contributed by atoms with Crippen LogP contribution in [0.3, 0.4) is 0 Å². The second-order valence-electron chi connectivity index (χ2n) is 3.99. The number of aromatic nitrogens is 1. The van der Waals surface area contributed by atoms with E-state index in [1.807, 2.05) is 24.3 Å². The summed E-state index contributed by atoms with van der Waals surface area (Å²) in [4.78, 5) is 15.0. The van der Waals surface area contributed by atoms with Crippen LogP contribution in [0.1, 0.15) is 5.69 Å². The van der Waals surface area contributed by atoms with Crippen molar-refractivity contribution in [1.82, 2.24) is 4.98 Å². The van der Waals surface area contributed by atoms with Crippen molar-refractivity contribution in [2.24, 2.45) is 5.73 Å². The maximum Gasteiger partial charge on any atom is 0.320 e. The molecule has 2 aromatic rings. The summed E-state index contributed by atoms with van der Waals surface area (Å²) in [5, 5.41) is 10.7. The molecule has 18 heavy (non-hydrogen) atoms. The van der Waals surface area contributed by atoms with E-state index in [1.165, 1.54) is 0 Å². The molecule has 0 aliphatic rings. The van der Waals surface area contributed by atoms with Gasteiger partial charge in [-0.2, -0.15) is 0 Å². The maximum absolute atomic E-state index is 10.8. The molecule has 1 heterocycles.